The van der Waals surface area contributed by atoms with Crippen LogP contribution in [0.25, 0.3) is 0 Å². The van der Waals surface area contributed by atoms with E-state index in [0.29, 0.717) is 12.0 Å². The van der Waals surface area contributed by atoms with Crippen molar-refractivity contribution in [3.63, 3.8) is 0 Å². The van der Waals surface area contributed by atoms with Crippen molar-refractivity contribution in [1.82, 2.24) is 9.97 Å². The molecule has 82 valence electrons. The summed E-state index contributed by atoms with van der Waals surface area (Å²) in [5.41, 5.74) is 0. The van der Waals surface area contributed by atoms with Gasteiger partial charge in [0.25, 0.3) is 0 Å². The predicted octanol–water partition coefficient (Wildman–Crippen LogP) is 1.90. The lowest BCUT2D eigenvalue weighted by atomic mass is 10.4. The van der Waals surface area contributed by atoms with Crippen molar-refractivity contribution in [3.8, 4) is 0 Å². The molecule has 1 N–H and O–H groups in total. The first kappa shape index (κ1) is 10.2. The van der Waals surface area contributed by atoms with Crippen LogP contribution in [-0.2, 0) is 0 Å². The van der Waals surface area contributed by atoms with Crippen molar-refractivity contribution >= 4 is 11.8 Å². The first-order valence-corrected chi connectivity index (χ1v) is 5.62. The lowest BCUT2D eigenvalue weighted by Crippen LogP contribution is -2.27. The molecule has 4 nitrogen and oxygen atoms in total. The Labute approximate surface area is 90.7 Å². The molecule has 15 heavy (non-hydrogen) atoms. The molecule has 0 aliphatic heterocycles. The molecule has 0 aromatic carbocycles. The normalized spacial score (nSPS) is 15.1. The van der Waals surface area contributed by atoms with Crippen molar-refractivity contribution in [3.05, 3.63) is 12.3 Å². The fourth-order valence-electron chi connectivity index (χ4n) is 1.74. The summed E-state index contributed by atoms with van der Waals surface area (Å²) in [4.78, 5) is 11.0. The number of hydrogen-bond donors (Lipinski definition) is 1. The van der Waals surface area contributed by atoms with Gasteiger partial charge in [-0.3, -0.25) is 0 Å². The zero-order chi connectivity index (χ0) is 10.7. The highest BCUT2D eigenvalue weighted by molar-refractivity contribution is 5.44. The summed E-state index contributed by atoms with van der Waals surface area (Å²) >= 11 is 0. The maximum atomic E-state index is 4.48. The Hall–Kier alpha value is -1.32. The van der Waals surface area contributed by atoms with Crippen LogP contribution in [0.2, 0.25) is 0 Å². The van der Waals surface area contributed by atoms with E-state index in [1.54, 1.807) is 0 Å². The zero-order valence-electron chi connectivity index (χ0n) is 9.40. The topological polar surface area (TPSA) is 41.1 Å². The quantitative estimate of drug-likeness (QED) is 0.799. The fourth-order valence-corrected chi connectivity index (χ4v) is 1.74. The van der Waals surface area contributed by atoms with Crippen LogP contribution in [0, 0.1) is 0 Å². The maximum absolute atomic E-state index is 4.48. The van der Waals surface area contributed by atoms with Crippen LogP contribution < -0.4 is 10.2 Å². The molecule has 1 aromatic heterocycles. The van der Waals surface area contributed by atoms with Crippen molar-refractivity contribution in [2.24, 2.45) is 0 Å². The van der Waals surface area contributed by atoms with Gasteiger partial charge in [-0.1, -0.05) is 6.92 Å². The monoisotopic (exact) mass is 206 g/mol. The third-order valence-corrected chi connectivity index (χ3v) is 2.61. The van der Waals surface area contributed by atoms with Gasteiger partial charge in [-0.05, 0) is 25.3 Å². The Kier molecular flexibility index (Phi) is 3.04. The lowest BCUT2D eigenvalue weighted by Gasteiger charge is -2.22. The summed E-state index contributed by atoms with van der Waals surface area (Å²) in [5, 5.41) is 2.97. The third kappa shape index (κ3) is 2.37. The number of hydrogen-bond acceptors (Lipinski definition) is 4. The molecule has 0 unspecified atom stereocenters. The minimum atomic E-state index is 0.703. The molecule has 1 heterocycles. The molecule has 0 radical (unpaired) electrons. The van der Waals surface area contributed by atoms with Gasteiger partial charge in [0.05, 0.1) is 0 Å². The number of aromatic nitrogens is 2. The Bertz CT molecular complexity index is 322. The van der Waals surface area contributed by atoms with E-state index < -0.39 is 0 Å². The summed E-state index contributed by atoms with van der Waals surface area (Å²) in [6.07, 6.45) is 5.59. The van der Waals surface area contributed by atoms with Crippen LogP contribution in [0.1, 0.15) is 26.2 Å². The van der Waals surface area contributed by atoms with Gasteiger partial charge in [0, 0.05) is 25.8 Å². The number of rotatable bonds is 5. The molecule has 1 aliphatic rings. The minimum absolute atomic E-state index is 0.703. The summed E-state index contributed by atoms with van der Waals surface area (Å²) in [5.74, 6) is 1.76. The van der Waals surface area contributed by atoms with E-state index in [0.717, 1.165) is 18.8 Å². The predicted molar refractivity (Wildman–Crippen MR) is 62.2 cm³/mol. The standard InChI is InChI=1S/C11H18N4/c1-3-8-15(9-4-5-9)10-6-7-13-11(12-2)14-10/h6-7,9H,3-5,8H2,1-2H3,(H,12,13,14). The lowest BCUT2D eigenvalue weighted by molar-refractivity contribution is 0.749. The summed E-state index contributed by atoms with van der Waals surface area (Å²) in [6, 6.07) is 2.71. The van der Waals surface area contributed by atoms with E-state index in [-0.39, 0.29) is 0 Å². The number of anilines is 2. The smallest absolute Gasteiger partial charge is 0.224 e. The summed E-state index contributed by atoms with van der Waals surface area (Å²) in [6.45, 7) is 3.29. The van der Waals surface area contributed by atoms with Crippen LogP contribution in [0.15, 0.2) is 12.3 Å². The molecule has 1 saturated carbocycles. The van der Waals surface area contributed by atoms with E-state index in [9.17, 15) is 0 Å². The molecule has 1 aliphatic carbocycles. The average molecular weight is 206 g/mol. The van der Waals surface area contributed by atoms with Crippen LogP contribution in [0.4, 0.5) is 11.8 Å². The molecule has 1 aromatic rings. The first-order valence-electron chi connectivity index (χ1n) is 5.62. The van der Waals surface area contributed by atoms with Gasteiger partial charge in [-0.15, -0.1) is 0 Å². The van der Waals surface area contributed by atoms with Gasteiger partial charge in [-0.2, -0.15) is 4.98 Å². The summed E-state index contributed by atoms with van der Waals surface area (Å²) in [7, 11) is 1.85. The largest absolute Gasteiger partial charge is 0.357 e. The molecule has 1 fully saturated rings. The second-order valence-corrected chi connectivity index (χ2v) is 3.91. The van der Waals surface area contributed by atoms with Gasteiger partial charge >= 0.3 is 0 Å². The maximum Gasteiger partial charge on any atom is 0.224 e. The first-order chi connectivity index (χ1) is 7.35. The Balaban J connectivity index is 2.16. The van der Waals surface area contributed by atoms with E-state index in [1.165, 1.54) is 12.8 Å². The highest BCUT2D eigenvalue weighted by Gasteiger charge is 2.29. The van der Waals surface area contributed by atoms with Crippen molar-refractivity contribution < 1.29 is 0 Å². The molecule has 0 bridgehead atoms. The van der Waals surface area contributed by atoms with Gasteiger partial charge in [-0.25, -0.2) is 4.98 Å². The summed E-state index contributed by atoms with van der Waals surface area (Å²) < 4.78 is 0. The van der Waals surface area contributed by atoms with Crippen LogP contribution in [0.5, 0.6) is 0 Å². The van der Waals surface area contributed by atoms with E-state index in [4.69, 9.17) is 0 Å². The Morgan fingerprint density at radius 2 is 2.33 bits per heavy atom. The molecule has 4 heteroatoms. The third-order valence-electron chi connectivity index (χ3n) is 2.61. The number of nitrogens with zero attached hydrogens (tertiary/aromatic N) is 3. The highest BCUT2D eigenvalue weighted by Crippen LogP contribution is 2.30. The fraction of sp³-hybridized carbons (Fsp3) is 0.636. The molecular weight excluding hydrogens is 188 g/mol. The van der Waals surface area contributed by atoms with Crippen LogP contribution in [0.3, 0.4) is 0 Å². The highest BCUT2D eigenvalue weighted by atomic mass is 15.3. The van der Waals surface area contributed by atoms with Crippen molar-refractivity contribution in [2.75, 3.05) is 23.8 Å². The number of nitrogens with one attached hydrogen (secondary N) is 1. The van der Waals surface area contributed by atoms with E-state index in [1.807, 2.05) is 19.3 Å². The minimum Gasteiger partial charge on any atom is -0.357 e. The van der Waals surface area contributed by atoms with Gasteiger partial charge in [0.2, 0.25) is 5.95 Å². The van der Waals surface area contributed by atoms with Crippen LogP contribution in [-0.4, -0.2) is 29.6 Å². The van der Waals surface area contributed by atoms with E-state index in [2.05, 4.69) is 27.1 Å². The molecule has 0 atom stereocenters. The Morgan fingerprint density at radius 3 is 2.93 bits per heavy atom. The molecular formula is C11H18N4. The van der Waals surface area contributed by atoms with Crippen molar-refractivity contribution in [2.45, 2.75) is 32.2 Å². The second-order valence-electron chi connectivity index (χ2n) is 3.91. The Morgan fingerprint density at radius 1 is 1.53 bits per heavy atom. The van der Waals surface area contributed by atoms with Gasteiger partial charge in [0.15, 0.2) is 0 Å². The average Bonchev–Trinajstić information content (AvgIpc) is 3.10. The van der Waals surface area contributed by atoms with Gasteiger partial charge < -0.3 is 10.2 Å². The zero-order valence-corrected chi connectivity index (χ0v) is 9.40. The second kappa shape index (κ2) is 4.47. The molecule has 2 rings (SSSR count). The molecule has 0 amide bonds. The van der Waals surface area contributed by atoms with E-state index >= 15 is 0 Å². The van der Waals surface area contributed by atoms with Crippen LogP contribution >= 0.6 is 0 Å². The molecule has 0 saturated heterocycles. The van der Waals surface area contributed by atoms with Crippen molar-refractivity contribution in [1.29, 1.82) is 0 Å². The van der Waals surface area contributed by atoms with Gasteiger partial charge in [0.1, 0.15) is 5.82 Å². The molecule has 0 spiro atoms. The SMILES string of the molecule is CCCN(c1ccnc(NC)n1)C1CC1.